The zero-order valence-electron chi connectivity index (χ0n) is 13.9. The molecule has 2 aromatic rings. The van der Waals surface area contributed by atoms with E-state index in [2.05, 4.69) is 36.2 Å². The van der Waals surface area contributed by atoms with Crippen molar-refractivity contribution in [2.75, 3.05) is 6.54 Å². The number of thiazole rings is 1. The van der Waals surface area contributed by atoms with Crippen LogP contribution in [0.15, 0.2) is 29.6 Å². The lowest BCUT2D eigenvalue weighted by atomic mass is 9.87. The molecule has 4 nitrogen and oxygen atoms in total. The highest BCUT2D eigenvalue weighted by Gasteiger charge is 2.28. The maximum absolute atomic E-state index is 12.9. The number of halogens is 1. The smallest absolute Gasteiger partial charge is 0.273 e. The Morgan fingerprint density at radius 1 is 1.38 bits per heavy atom. The molecule has 0 spiro atoms. The summed E-state index contributed by atoms with van der Waals surface area (Å²) in [7, 11) is 0. The molecule has 0 fully saturated rings. The van der Waals surface area contributed by atoms with E-state index in [1.807, 2.05) is 10.3 Å². The number of rotatable bonds is 5. The summed E-state index contributed by atoms with van der Waals surface area (Å²) in [5, 5.41) is 2.66. The highest BCUT2D eigenvalue weighted by molar-refractivity contribution is 7.09. The second-order valence-electron chi connectivity index (χ2n) is 5.99. The molecule has 0 bridgehead atoms. The summed E-state index contributed by atoms with van der Waals surface area (Å²) in [6, 6.07) is 8.83. The number of hydrogen-bond donors (Lipinski definition) is 1. The van der Waals surface area contributed by atoms with E-state index in [0.29, 0.717) is 12.2 Å². The van der Waals surface area contributed by atoms with E-state index in [-0.39, 0.29) is 24.4 Å². The number of hydrogen-bond acceptors (Lipinski definition) is 4. The third kappa shape index (κ3) is 3.97. The van der Waals surface area contributed by atoms with Crippen molar-refractivity contribution >= 4 is 29.7 Å². The lowest BCUT2D eigenvalue weighted by molar-refractivity contribution is 0.0656. The summed E-state index contributed by atoms with van der Waals surface area (Å²) in [4.78, 5) is 19.3. The van der Waals surface area contributed by atoms with Crippen molar-refractivity contribution in [3.63, 3.8) is 0 Å². The van der Waals surface area contributed by atoms with Crippen LogP contribution in [0, 0.1) is 0 Å². The van der Waals surface area contributed by atoms with Gasteiger partial charge in [0.05, 0.1) is 0 Å². The Morgan fingerprint density at radius 3 is 2.79 bits per heavy atom. The minimum absolute atomic E-state index is 0. The molecule has 1 amide bonds. The van der Waals surface area contributed by atoms with Gasteiger partial charge >= 0.3 is 0 Å². The van der Waals surface area contributed by atoms with Crippen LogP contribution < -0.4 is 5.73 Å². The average molecular weight is 366 g/mol. The van der Waals surface area contributed by atoms with Gasteiger partial charge in [-0.05, 0) is 36.8 Å². The maximum atomic E-state index is 12.9. The number of aryl methyl sites for hydroxylation is 1. The first-order valence-electron chi connectivity index (χ1n) is 8.25. The van der Waals surface area contributed by atoms with Crippen LogP contribution in [0.5, 0.6) is 0 Å². The lowest BCUT2D eigenvalue weighted by Gasteiger charge is -2.35. The third-order valence-corrected chi connectivity index (χ3v) is 5.30. The monoisotopic (exact) mass is 365 g/mol. The van der Waals surface area contributed by atoms with Crippen LogP contribution in [-0.4, -0.2) is 28.4 Å². The van der Waals surface area contributed by atoms with Gasteiger partial charge in [-0.3, -0.25) is 4.79 Å². The van der Waals surface area contributed by atoms with Gasteiger partial charge in [0.1, 0.15) is 10.7 Å². The van der Waals surface area contributed by atoms with Crippen LogP contribution in [0.25, 0.3) is 0 Å². The van der Waals surface area contributed by atoms with E-state index >= 15 is 0 Å². The summed E-state index contributed by atoms with van der Waals surface area (Å²) in [5.74, 6) is 0.0483. The maximum Gasteiger partial charge on any atom is 0.273 e. The van der Waals surface area contributed by atoms with Crippen molar-refractivity contribution in [2.45, 2.75) is 45.2 Å². The van der Waals surface area contributed by atoms with E-state index in [9.17, 15) is 4.79 Å². The molecule has 1 unspecified atom stereocenters. The number of carbonyl (C=O) groups excluding carboxylic acids is 1. The minimum atomic E-state index is 0. The van der Waals surface area contributed by atoms with Gasteiger partial charge in [0.15, 0.2) is 0 Å². The Kier molecular flexibility index (Phi) is 6.78. The Bertz CT molecular complexity index is 688. The second kappa shape index (κ2) is 8.60. The molecule has 0 saturated heterocycles. The molecule has 0 radical (unpaired) electrons. The van der Waals surface area contributed by atoms with Gasteiger partial charge in [0.2, 0.25) is 0 Å². The molecular weight excluding hydrogens is 342 g/mol. The molecule has 0 saturated carbocycles. The van der Waals surface area contributed by atoms with E-state index in [0.717, 1.165) is 37.2 Å². The Hall–Kier alpha value is -1.43. The molecule has 1 aromatic carbocycles. The number of nitrogens with zero attached hydrogens (tertiary/aromatic N) is 2. The molecule has 1 aliphatic carbocycles. The van der Waals surface area contributed by atoms with Crippen LogP contribution in [0.3, 0.4) is 0 Å². The van der Waals surface area contributed by atoms with E-state index in [1.54, 1.807) is 0 Å². The fourth-order valence-electron chi connectivity index (χ4n) is 3.29. The van der Waals surface area contributed by atoms with Crippen molar-refractivity contribution < 1.29 is 4.79 Å². The number of benzene rings is 1. The largest absolute Gasteiger partial charge is 0.334 e. The first kappa shape index (κ1) is 18.9. The standard InChI is InChI=1S/C18H23N3OS.ClH/c1-2-9-21(18(22)16-12-23-17(11-19)20-16)15-8-7-13-5-3-4-6-14(13)10-15;/h3-6,12,15H,2,7-11,19H2,1H3;1H. The van der Waals surface area contributed by atoms with Gasteiger partial charge in [-0.25, -0.2) is 4.98 Å². The predicted octanol–water partition coefficient (Wildman–Crippen LogP) is 3.43. The molecule has 24 heavy (non-hydrogen) atoms. The van der Waals surface area contributed by atoms with Gasteiger partial charge in [0.25, 0.3) is 5.91 Å². The van der Waals surface area contributed by atoms with Crippen molar-refractivity contribution in [3.05, 3.63) is 51.5 Å². The Labute approximate surface area is 153 Å². The van der Waals surface area contributed by atoms with Crippen molar-refractivity contribution in [2.24, 2.45) is 5.73 Å². The summed E-state index contributed by atoms with van der Waals surface area (Å²) in [6.45, 7) is 3.28. The molecule has 130 valence electrons. The van der Waals surface area contributed by atoms with E-state index < -0.39 is 0 Å². The molecule has 3 rings (SSSR count). The number of nitrogens with two attached hydrogens (primary N) is 1. The van der Waals surface area contributed by atoms with Crippen molar-refractivity contribution in [1.29, 1.82) is 0 Å². The molecular formula is C18H24ClN3OS. The lowest BCUT2D eigenvalue weighted by Crippen LogP contribution is -2.44. The quantitative estimate of drug-likeness (QED) is 0.882. The average Bonchev–Trinajstić information content (AvgIpc) is 3.08. The van der Waals surface area contributed by atoms with Gasteiger partial charge in [-0.15, -0.1) is 23.7 Å². The Morgan fingerprint density at radius 2 is 2.12 bits per heavy atom. The van der Waals surface area contributed by atoms with Gasteiger partial charge < -0.3 is 10.6 Å². The van der Waals surface area contributed by atoms with Crippen LogP contribution in [0.4, 0.5) is 0 Å². The number of amides is 1. The topological polar surface area (TPSA) is 59.2 Å². The summed E-state index contributed by atoms with van der Waals surface area (Å²) < 4.78 is 0. The second-order valence-corrected chi connectivity index (χ2v) is 6.94. The molecule has 1 aliphatic rings. The fraction of sp³-hybridized carbons (Fsp3) is 0.444. The minimum Gasteiger partial charge on any atom is -0.334 e. The van der Waals surface area contributed by atoms with Gasteiger partial charge in [-0.2, -0.15) is 0 Å². The van der Waals surface area contributed by atoms with E-state index in [1.165, 1.54) is 22.5 Å². The first-order valence-corrected chi connectivity index (χ1v) is 9.13. The van der Waals surface area contributed by atoms with Crippen LogP contribution in [-0.2, 0) is 19.4 Å². The molecule has 2 N–H and O–H groups in total. The zero-order valence-corrected chi connectivity index (χ0v) is 15.5. The fourth-order valence-corrected chi connectivity index (χ4v) is 3.93. The van der Waals surface area contributed by atoms with Gasteiger partial charge in [0, 0.05) is 24.5 Å². The number of fused-ring (bicyclic) bond motifs is 1. The van der Waals surface area contributed by atoms with Crippen LogP contribution >= 0.6 is 23.7 Å². The zero-order chi connectivity index (χ0) is 16.2. The summed E-state index contributed by atoms with van der Waals surface area (Å²) in [5.41, 5.74) is 8.96. The Balaban J connectivity index is 0.00000208. The van der Waals surface area contributed by atoms with Crippen molar-refractivity contribution in [3.8, 4) is 0 Å². The first-order chi connectivity index (χ1) is 11.2. The third-order valence-electron chi connectivity index (χ3n) is 4.43. The normalized spacial score (nSPS) is 16.2. The summed E-state index contributed by atoms with van der Waals surface area (Å²) in [6.07, 6.45) is 3.96. The van der Waals surface area contributed by atoms with Crippen LogP contribution in [0.1, 0.15) is 46.4 Å². The summed E-state index contributed by atoms with van der Waals surface area (Å²) >= 11 is 1.46. The molecule has 1 heterocycles. The van der Waals surface area contributed by atoms with Crippen molar-refractivity contribution in [1.82, 2.24) is 9.88 Å². The highest BCUT2D eigenvalue weighted by Crippen LogP contribution is 2.26. The molecule has 6 heteroatoms. The molecule has 0 aliphatic heterocycles. The van der Waals surface area contributed by atoms with Gasteiger partial charge in [-0.1, -0.05) is 31.2 Å². The molecule has 1 atom stereocenters. The van der Waals surface area contributed by atoms with Crippen LogP contribution in [0.2, 0.25) is 0 Å². The molecule has 1 aromatic heterocycles. The number of aromatic nitrogens is 1. The SMILES string of the molecule is CCCN(C(=O)c1csc(CN)n1)C1CCc2ccccc2C1.Cl. The van der Waals surface area contributed by atoms with E-state index in [4.69, 9.17) is 5.73 Å². The predicted molar refractivity (Wildman–Crippen MR) is 101 cm³/mol. The number of carbonyl (C=O) groups is 1. The highest BCUT2D eigenvalue weighted by atomic mass is 35.5.